The van der Waals surface area contributed by atoms with Crippen LogP contribution < -0.4 is 5.32 Å². The van der Waals surface area contributed by atoms with Crippen LogP contribution in [-0.4, -0.2) is 18.7 Å². The highest BCUT2D eigenvalue weighted by Gasteiger charge is 2.15. The lowest BCUT2D eigenvalue weighted by Gasteiger charge is -2.18. The molecule has 2 atom stereocenters. The van der Waals surface area contributed by atoms with Crippen LogP contribution in [0.1, 0.15) is 20.3 Å². The minimum absolute atomic E-state index is 0.0909. The van der Waals surface area contributed by atoms with Crippen LogP contribution in [0.4, 0.5) is 0 Å². The SMILES string of the molecule is CC1C=CC(C(=O)NCCC=O)=CC1C. The van der Waals surface area contributed by atoms with Gasteiger partial charge in [-0.3, -0.25) is 4.79 Å². The van der Waals surface area contributed by atoms with Crippen LogP contribution in [0.25, 0.3) is 0 Å². The number of amides is 1. The molecule has 1 aliphatic rings. The maximum absolute atomic E-state index is 11.6. The molecular weight excluding hydrogens is 190 g/mol. The van der Waals surface area contributed by atoms with Gasteiger partial charge in [0, 0.05) is 18.5 Å². The molecule has 3 nitrogen and oxygen atoms in total. The van der Waals surface area contributed by atoms with Gasteiger partial charge in [-0.15, -0.1) is 0 Å². The van der Waals surface area contributed by atoms with Crippen LogP contribution in [-0.2, 0) is 9.59 Å². The molecule has 15 heavy (non-hydrogen) atoms. The summed E-state index contributed by atoms with van der Waals surface area (Å²) < 4.78 is 0. The molecule has 0 heterocycles. The zero-order valence-corrected chi connectivity index (χ0v) is 9.19. The maximum Gasteiger partial charge on any atom is 0.250 e. The van der Waals surface area contributed by atoms with Crippen molar-refractivity contribution in [2.45, 2.75) is 20.3 Å². The molecule has 82 valence electrons. The van der Waals surface area contributed by atoms with E-state index in [1.807, 2.05) is 18.2 Å². The second kappa shape index (κ2) is 5.49. The Labute approximate surface area is 90.2 Å². The normalized spacial score (nSPS) is 24.5. The third kappa shape index (κ3) is 3.35. The molecule has 0 aromatic heterocycles. The zero-order valence-electron chi connectivity index (χ0n) is 9.19. The Morgan fingerprint density at radius 3 is 2.80 bits per heavy atom. The molecule has 1 aliphatic carbocycles. The summed E-state index contributed by atoms with van der Waals surface area (Å²) in [6.45, 7) is 4.63. The lowest BCUT2D eigenvalue weighted by molar-refractivity contribution is -0.117. The average Bonchev–Trinajstić information content (AvgIpc) is 2.22. The lowest BCUT2D eigenvalue weighted by Crippen LogP contribution is -2.27. The number of aldehydes is 1. The monoisotopic (exact) mass is 207 g/mol. The highest BCUT2D eigenvalue weighted by Crippen LogP contribution is 2.21. The van der Waals surface area contributed by atoms with E-state index in [1.54, 1.807) is 0 Å². The highest BCUT2D eigenvalue weighted by molar-refractivity contribution is 5.96. The van der Waals surface area contributed by atoms with Crippen LogP contribution in [0.2, 0.25) is 0 Å². The fourth-order valence-corrected chi connectivity index (χ4v) is 1.42. The summed E-state index contributed by atoms with van der Waals surface area (Å²) in [5, 5.41) is 2.70. The van der Waals surface area contributed by atoms with Gasteiger partial charge >= 0.3 is 0 Å². The molecule has 0 aromatic rings. The number of carbonyl (C=O) groups excluding carboxylic acids is 2. The quantitative estimate of drug-likeness (QED) is 0.560. The van der Waals surface area contributed by atoms with Crippen molar-refractivity contribution >= 4 is 12.2 Å². The first-order chi connectivity index (χ1) is 7.15. The van der Waals surface area contributed by atoms with E-state index in [0.717, 1.165) is 6.29 Å². The van der Waals surface area contributed by atoms with E-state index in [1.165, 1.54) is 0 Å². The molecule has 2 unspecified atom stereocenters. The Morgan fingerprint density at radius 2 is 2.20 bits per heavy atom. The van der Waals surface area contributed by atoms with Gasteiger partial charge in [0.1, 0.15) is 6.29 Å². The number of nitrogens with one attached hydrogen (secondary N) is 1. The van der Waals surface area contributed by atoms with Gasteiger partial charge in [-0.05, 0) is 11.8 Å². The smallest absolute Gasteiger partial charge is 0.250 e. The van der Waals surface area contributed by atoms with Crippen LogP contribution in [0.15, 0.2) is 23.8 Å². The fraction of sp³-hybridized carbons (Fsp3) is 0.500. The van der Waals surface area contributed by atoms with E-state index in [4.69, 9.17) is 0 Å². The molecule has 0 spiro atoms. The van der Waals surface area contributed by atoms with E-state index in [2.05, 4.69) is 19.2 Å². The molecule has 1 amide bonds. The Kier molecular flexibility index (Phi) is 4.28. The number of allylic oxidation sites excluding steroid dienone is 2. The number of rotatable bonds is 4. The largest absolute Gasteiger partial charge is 0.352 e. The molecule has 0 bridgehead atoms. The molecule has 0 aliphatic heterocycles. The third-order valence-electron chi connectivity index (χ3n) is 2.66. The Hall–Kier alpha value is -1.38. The summed E-state index contributed by atoms with van der Waals surface area (Å²) in [7, 11) is 0. The lowest BCUT2D eigenvalue weighted by atomic mass is 9.88. The van der Waals surface area contributed by atoms with Gasteiger partial charge in [-0.25, -0.2) is 0 Å². The summed E-state index contributed by atoms with van der Waals surface area (Å²) in [5.74, 6) is 0.783. The summed E-state index contributed by atoms with van der Waals surface area (Å²) >= 11 is 0. The summed E-state index contributed by atoms with van der Waals surface area (Å²) in [6.07, 6.45) is 7.03. The average molecular weight is 207 g/mol. The molecule has 0 saturated carbocycles. The first-order valence-corrected chi connectivity index (χ1v) is 5.27. The van der Waals surface area contributed by atoms with E-state index in [9.17, 15) is 9.59 Å². The molecule has 0 aromatic carbocycles. The minimum Gasteiger partial charge on any atom is -0.352 e. The molecule has 0 radical (unpaired) electrons. The zero-order chi connectivity index (χ0) is 11.3. The van der Waals surface area contributed by atoms with Gasteiger partial charge in [-0.2, -0.15) is 0 Å². The number of hydrogen-bond acceptors (Lipinski definition) is 2. The predicted octanol–water partition coefficient (Wildman–Crippen LogP) is 1.46. The van der Waals surface area contributed by atoms with Crippen molar-refractivity contribution < 1.29 is 9.59 Å². The summed E-state index contributed by atoms with van der Waals surface area (Å²) in [4.78, 5) is 21.7. The summed E-state index contributed by atoms with van der Waals surface area (Å²) in [6, 6.07) is 0. The Balaban J connectivity index is 2.50. The highest BCUT2D eigenvalue weighted by atomic mass is 16.1. The van der Waals surface area contributed by atoms with Crippen LogP contribution in [0.5, 0.6) is 0 Å². The second-order valence-corrected chi connectivity index (χ2v) is 3.91. The fourth-order valence-electron chi connectivity index (χ4n) is 1.42. The molecule has 1 rings (SSSR count). The van der Waals surface area contributed by atoms with Crippen molar-refractivity contribution in [3.63, 3.8) is 0 Å². The van der Waals surface area contributed by atoms with Crippen LogP contribution in [0.3, 0.4) is 0 Å². The van der Waals surface area contributed by atoms with Crippen molar-refractivity contribution in [3.05, 3.63) is 23.8 Å². The standard InChI is InChI=1S/C12H17NO2/c1-9-4-5-11(8-10(9)2)12(15)13-6-3-7-14/h4-5,7-10H,3,6H2,1-2H3,(H,13,15). The Morgan fingerprint density at radius 1 is 1.47 bits per heavy atom. The second-order valence-electron chi connectivity index (χ2n) is 3.91. The van der Waals surface area contributed by atoms with Gasteiger partial charge in [-0.1, -0.05) is 32.1 Å². The molecular formula is C12H17NO2. The van der Waals surface area contributed by atoms with Gasteiger partial charge in [0.15, 0.2) is 0 Å². The van der Waals surface area contributed by atoms with Gasteiger partial charge in [0.25, 0.3) is 5.91 Å². The maximum atomic E-state index is 11.6. The van der Waals surface area contributed by atoms with Crippen molar-refractivity contribution in [1.29, 1.82) is 0 Å². The van der Waals surface area contributed by atoms with Crippen molar-refractivity contribution in [2.24, 2.45) is 11.8 Å². The van der Waals surface area contributed by atoms with E-state index < -0.39 is 0 Å². The van der Waals surface area contributed by atoms with E-state index >= 15 is 0 Å². The first-order valence-electron chi connectivity index (χ1n) is 5.27. The molecule has 0 saturated heterocycles. The minimum atomic E-state index is -0.0909. The van der Waals surface area contributed by atoms with E-state index in [-0.39, 0.29) is 5.91 Å². The third-order valence-corrected chi connectivity index (χ3v) is 2.66. The van der Waals surface area contributed by atoms with Crippen molar-refractivity contribution in [3.8, 4) is 0 Å². The molecule has 3 heteroatoms. The van der Waals surface area contributed by atoms with Crippen molar-refractivity contribution in [1.82, 2.24) is 5.32 Å². The van der Waals surface area contributed by atoms with Crippen molar-refractivity contribution in [2.75, 3.05) is 6.54 Å². The molecule has 0 fully saturated rings. The van der Waals surface area contributed by atoms with Crippen LogP contribution in [0, 0.1) is 11.8 Å². The summed E-state index contributed by atoms with van der Waals surface area (Å²) in [5.41, 5.74) is 0.700. The van der Waals surface area contributed by atoms with Gasteiger partial charge in [0.2, 0.25) is 0 Å². The number of hydrogen-bond donors (Lipinski definition) is 1. The van der Waals surface area contributed by atoms with Gasteiger partial charge in [0.05, 0.1) is 0 Å². The van der Waals surface area contributed by atoms with Crippen LogP contribution >= 0.6 is 0 Å². The topological polar surface area (TPSA) is 46.2 Å². The van der Waals surface area contributed by atoms with E-state index in [0.29, 0.717) is 30.4 Å². The van der Waals surface area contributed by atoms with Gasteiger partial charge < -0.3 is 10.1 Å². The number of carbonyl (C=O) groups is 2. The molecule has 1 N–H and O–H groups in total. The predicted molar refractivity (Wildman–Crippen MR) is 59.2 cm³/mol. The Bertz CT molecular complexity index is 305. The first kappa shape index (κ1) is 11.7.